The minimum Gasteiger partial charge on any atom is -0.437 e. The highest BCUT2D eigenvalue weighted by molar-refractivity contribution is 6.35. The first-order valence-corrected chi connectivity index (χ1v) is 9.75. The van der Waals surface area contributed by atoms with E-state index >= 15 is 0 Å². The maximum atomic E-state index is 13.7. The lowest BCUT2D eigenvalue weighted by atomic mass is 10.2. The molecule has 0 aliphatic heterocycles. The lowest BCUT2D eigenvalue weighted by Gasteiger charge is -2.34. The summed E-state index contributed by atoms with van der Waals surface area (Å²) in [6, 6.07) is 4.81. The van der Waals surface area contributed by atoms with Crippen molar-refractivity contribution in [2.45, 2.75) is 49.4 Å². The number of aromatic nitrogens is 1. The van der Waals surface area contributed by atoms with Gasteiger partial charge in [-0.25, -0.2) is 26.3 Å². The van der Waals surface area contributed by atoms with E-state index in [1.54, 1.807) is 0 Å². The zero-order valence-electron chi connectivity index (χ0n) is 17.5. The van der Waals surface area contributed by atoms with Crippen LogP contribution in [0.2, 0.25) is 5.02 Å². The monoisotopic (exact) mass is 567 g/mol. The van der Waals surface area contributed by atoms with Crippen LogP contribution < -0.4 is 4.74 Å². The number of ether oxygens (including phenoxy) is 3. The molecule has 2 rings (SSSR count). The molecule has 0 fully saturated rings. The van der Waals surface area contributed by atoms with Gasteiger partial charge in [-0.3, -0.25) is 4.98 Å². The maximum Gasteiger partial charge on any atom is 0.425 e. The molecular formula is C19H14ClF12NO3. The molecule has 36 heavy (non-hydrogen) atoms. The summed E-state index contributed by atoms with van der Waals surface area (Å²) in [5.41, 5.74) is -0.195. The molecular weight excluding hydrogens is 554 g/mol. The Balaban J connectivity index is 2.40. The van der Waals surface area contributed by atoms with Crippen molar-refractivity contribution in [3.63, 3.8) is 0 Å². The lowest BCUT2D eigenvalue weighted by molar-refractivity contribution is -0.373. The molecule has 4 nitrogen and oxygen atoms in total. The van der Waals surface area contributed by atoms with E-state index in [9.17, 15) is 52.7 Å². The van der Waals surface area contributed by atoms with Crippen LogP contribution in [-0.2, 0) is 9.47 Å². The van der Waals surface area contributed by atoms with Gasteiger partial charge >= 0.3 is 30.2 Å². The van der Waals surface area contributed by atoms with Gasteiger partial charge in [-0.15, -0.1) is 0 Å². The van der Waals surface area contributed by atoms with E-state index in [0.29, 0.717) is 6.92 Å². The van der Waals surface area contributed by atoms with Crippen LogP contribution in [0.5, 0.6) is 5.75 Å². The summed E-state index contributed by atoms with van der Waals surface area (Å²) in [5, 5.41) is 0.166. The molecule has 17 heteroatoms. The molecule has 0 amide bonds. The molecule has 2 aromatic rings. The average Bonchev–Trinajstić information content (AvgIpc) is 2.76. The third kappa shape index (κ3) is 7.18. The predicted molar refractivity (Wildman–Crippen MR) is 99.5 cm³/mol. The van der Waals surface area contributed by atoms with Crippen molar-refractivity contribution in [1.29, 1.82) is 0 Å². The van der Waals surface area contributed by atoms with Crippen LogP contribution in [-0.4, -0.2) is 60.7 Å². The zero-order chi connectivity index (χ0) is 27.7. The number of halogens is 13. The lowest BCUT2D eigenvalue weighted by Crippen LogP contribution is -2.51. The maximum absolute atomic E-state index is 13.7. The number of rotatable bonds is 10. The van der Waals surface area contributed by atoms with E-state index in [1.807, 2.05) is 0 Å². The summed E-state index contributed by atoms with van der Waals surface area (Å²) >= 11 is 5.94. The van der Waals surface area contributed by atoms with Crippen molar-refractivity contribution in [3.05, 3.63) is 35.5 Å². The number of fused-ring (bicyclic) bond motifs is 1. The molecule has 0 N–H and O–H groups in total. The summed E-state index contributed by atoms with van der Waals surface area (Å²) in [4.78, 5) is 3.83. The fourth-order valence-electron chi connectivity index (χ4n) is 2.57. The highest BCUT2D eigenvalue weighted by Gasteiger charge is 2.59. The standard InChI is InChI=1S/C19H14ClF12NO3/c1-15(34-7-16(23,24)13(21)18(27,28)29,35-8-17(25,26)14(22)19(30,31)32)36-11-5-4-10(20)9-3-2-6-33-12(9)11/h2-6,13-14H,7-8H2,1H3. The third-order valence-corrected chi connectivity index (χ3v) is 4.67. The summed E-state index contributed by atoms with van der Waals surface area (Å²) < 4.78 is 169. The Hall–Kier alpha value is -2.20. The Morgan fingerprint density at radius 2 is 1.28 bits per heavy atom. The smallest absolute Gasteiger partial charge is 0.425 e. The molecule has 0 saturated carbocycles. The SMILES string of the molecule is CC(OCC(F)(F)C(F)C(F)(F)F)(OCC(F)(F)C(F)C(F)(F)F)Oc1ccc(Cl)c2cccnc12. The molecule has 0 bridgehead atoms. The number of hydrogen-bond donors (Lipinski definition) is 0. The first-order valence-electron chi connectivity index (χ1n) is 9.37. The molecule has 0 radical (unpaired) electrons. The largest absolute Gasteiger partial charge is 0.437 e. The van der Waals surface area contributed by atoms with E-state index in [-0.39, 0.29) is 15.9 Å². The first-order chi connectivity index (χ1) is 16.2. The summed E-state index contributed by atoms with van der Waals surface area (Å²) in [5.74, 6) is -14.5. The van der Waals surface area contributed by atoms with Crippen molar-refractivity contribution < 1.29 is 66.9 Å². The number of hydrogen-bond acceptors (Lipinski definition) is 4. The highest BCUT2D eigenvalue weighted by Crippen LogP contribution is 2.39. The quantitative estimate of drug-likeness (QED) is 0.228. The Bertz CT molecular complexity index is 1010. The zero-order valence-corrected chi connectivity index (χ0v) is 18.3. The summed E-state index contributed by atoms with van der Waals surface area (Å²) in [6.45, 7) is -4.62. The Morgan fingerprint density at radius 3 is 1.72 bits per heavy atom. The van der Waals surface area contributed by atoms with Gasteiger partial charge < -0.3 is 14.2 Å². The van der Waals surface area contributed by atoms with Gasteiger partial charge in [0.25, 0.3) is 12.3 Å². The van der Waals surface area contributed by atoms with E-state index < -0.39 is 61.5 Å². The predicted octanol–water partition coefficient (Wildman–Crippen LogP) is 7.05. The van der Waals surface area contributed by atoms with Crippen LogP contribution in [0.25, 0.3) is 10.9 Å². The van der Waals surface area contributed by atoms with Crippen molar-refractivity contribution in [2.24, 2.45) is 0 Å². The van der Waals surface area contributed by atoms with Crippen molar-refractivity contribution >= 4 is 22.5 Å². The number of pyridine rings is 1. The van der Waals surface area contributed by atoms with Gasteiger partial charge in [-0.1, -0.05) is 11.6 Å². The molecule has 2 unspecified atom stereocenters. The molecule has 1 aromatic carbocycles. The first kappa shape index (κ1) is 30.0. The van der Waals surface area contributed by atoms with Crippen molar-refractivity contribution in [2.75, 3.05) is 13.2 Å². The highest BCUT2D eigenvalue weighted by atomic mass is 35.5. The van der Waals surface area contributed by atoms with Crippen LogP contribution >= 0.6 is 11.6 Å². The van der Waals surface area contributed by atoms with E-state index in [4.69, 9.17) is 16.3 Å². The fraction of sp³-hybridized carbons (Fsp3) is 0.526. The summed E-state index contributed by atoms with van der Waals surface area (Å²) in [6.07, 6.45) is -20.5. The molecule has 0 aliphatic rings. The Morgan fingerprint density at radius 1 is 0.806 bits per heavy atom. The Labute approximate surface area is 199 Å². The van der Waals surface area contributed by atoms with Gasteiger partial charge in [0.1, 0.15) is 18.7 Å². The topological polar surface area (TPSA) is 40.6 Å². The van der Waals surface area contributed by atoms with Crippen LogP contribution in [0.15, 0.2) is 30.5 Å². The van der Waals surface area contributed by atoms with Gasteiger partial charge in [0, 0.05) is 18.5 Å². The molecule has 0 aliphatic carbocycles. The van der Waals surface area contributed by atoms with Crippen LogP contribution in [0.3, 0.4) is 0 Å². The molecule has 0 saturated heterocycles. The van der Waals surface area contributed by atoms with Gasteiger partial charge in [-0.2, -0.15) is 26.3 Å². The molecule has 1 aromatic heterocycles. The second kappa shape index (κ2) is 10.3. The van der Waals surface area contributed by atoms with Crippen LogP contribution in [0.4, 0.5) is 52.7 Å². The minimum absolute atomic E-state index is 0.0444. The fourth-order valence-corrected chi connectivity index (χ4v) is 2.79. The van der Waals surface area contributed by atoms with Crippen LogP contribution in [0.1, 0.15) is 6.92 Å². The van der Waals surface area contributed by atoms with Gasteiger partial charge in [0.05, 0.1) is 5.02 Å². The van der Waals surface area contributed by atoms with E-state index in [0.717, 1.165) is 18.3 Å². The second-order valence-electron chi connectivity index (χ2n) is 7.32. The van der Waals surface area contributed by atoms with Crippen molar-refractivity contribution in [1.82, 2.24) is 4.98 Å². The normalized spacial score (nSPS) is 17.1. The van der Waals surface area contributed by atoms with Gasteiger partial charge in [0.15, 0.2) is 5.75 Å². The van der Waals surface area contributed by atoms with Gasteiger partial charge in [-0.05, 0) is 24.3 Å². The number of alkyl halides is 12. The molecule has 1 heterocycles. The number of nitrogens with zero attached hydrogens (tertiary/aromatic N) is 1. The summed E-state index contributed by atoms with van der Waals surface area (Å²) in [7, 11) is 0. The number of benzene rings is 1. The molecule has 2 atom stereocenters. The van der Waals surface area contributed by atoms with Crippen LogP contribution in [0, 0.1) is 0 Å². The minimum atomic E-state index is -6.07. The molecule has 204 valence electrons. The third-order valence-electron chi connectivity index (χ3n) is 4.34. The van der Waals surface area contributed by atoms with Gasteiger partial charge in [0.2, 0.25) is 0 Å². The van der Waals surface area contributed by atoms with E-state index in [1.165, 1.54) is 12.1 Å². The molecule has 0 spiro atoms. The Kier molecular flexibility index (Phi) is 8.58. The average molecular weight is 568 g/mol. The van der Waals surface area contributed by atoms with Crippen molar-refractivity contribution in [3.8, 4) is 5.75 Å². The van der Waals surface area contributed by atoms with E-state index in [2.05, 4.69) is 14.5 Å². The second-order valence-corrected chi connectivity index (χ2v) is 7.72.